The van der Waals surface area contributed by atoms with Crippen LogP contribution in [0, 0.1) is 0 Å². The van der Waals surface area contributed by atoms with E-state index in [0.29, 0.717) is 29.2 Å². The zero-order valence-electron chi connectivity index (χ0n) is 10.4. The number of aromatic amines is 1. The van der Waals surface area contributed by atoms with Crippen molar-refractivity contribution in [3.63, 3.8) is 0 Å². The molecule has 0 atom stereocenters. The van der Waals surface area contributed by atoms with E-state index in [1.165, 1.54) is 12.1 Å². The molecule has 102 valence electrons. The first kappa shape index (κ1) is 14.5. The quantitative estimate of drug-likeness (QED) is 0.449. The molecule has 3 rings (SSSR count). The molecule has 4 N–H and O–H groups in total. The van der Waals surface area contributed by atoms with Crippen molar-refractivity contribution in [3.05, 3.63) is 52.5 Å². The summed E-state index contributed by atoms with van der Waals surface area (Å²) in [4.78, 5) is 31.1. The molecule has 0 aromatic carbocycles. The largest absolute Gasteiger partial charge is 1.00 e. The number of hydrogen-bond acceptors (Lipinski definition) is 5. The number of hydrogen-bond donors (Lipinski definition) is 2. The van der Waals surface area contributed by atoms with E-state index in [-0.39, 0.29) is 29.4 Å². The van der Waals surface area contributed by atoms with E-state index in [1.54, 1.807) is 18.6 Å². The van der Waals surface area contributed by atoms with E-state index < -0.39 is 0 Å². The maximum atomic E-state index is 11.4. The summed E-state index contributed by atoms with van der Waals surface area (Å²) in [5.74, 6) is 1.15. The van der Waals surface area contributed by atoms with E-state index in [4.69, 9.17) is 0 Å². The Morgan fingerprint density at radius 3 is 2.75 bits per heavy atom. The number of pyridine rings is 1. The number of rotatable bonds is 2. The second-order valence-corrected chi connectivity index (χ2v) is 4.09. The fourth-order valence-corrected chi connectivity index (χ4v) is 1.82. The standard InChI is InChI=1S/C12H10N6O.HI/c13-10-5-8(19)3-7(17-10)4-11-16-6-9-12(18-11)15-2-1-14-9;/h1-3,5-6H,4H2,(H3,13,17,19);1H. The first-order valence-corrected chi connectivity index (χ1v) is 5.68. The molecule has 3 aromatic heterocycles. The summed E-state index contributed by atoms with van der Waals surface area (Å²) in [7, 11) is 0. The van der Waals surface area contributed by atoms with Gasteiger partial charge in [-0.05, 0) is 0 Å². The molecule has 0 saturated carbocycles. The lowest BCUT2D eigenvalue weighted by atomic mass is 10.2. The number of nitrogens with zero attached hydrogens (tertiary/aromatic N) is 4. The topological polar surface area (TPSA) is 112 Å². The summed E-state index contributed by atoms with van der Waals surface area (Å²) in [6, 6.07) is 2.95. The van der Waals surface area contributed by atoms with Gasteiger partial charge in [0.2, 0.25) is 5.82 Å². The molecule has 0 unspecified atom stereocenters. The number of H-pyrrole nitrogens is 1. The summed E-state index contributed by atoms with van der Waals surface area (Å²) in [6.45, 7) is 0. The molecular formula is C12H11IN6O. The van der Waals surface area contributed by atoms with Crippen LogP contribution < -0.4 is 35.1 Å². The van der Waals surface area contributed by atoms with Crippen LogP contribution in [0.25, 0.3) is 11.2 Å². The highest BCUT2D eigenvalue weighted by atomic mass is 127. The highest BCUT2D eigenvalue weighted by Gasteiger charge is 2.05. The average Bonchev–Trinajstić information content (AvgIpc) is 2.37. The van der Waals surface area contributed by atoms with Crippen molar-refractivity contribution in [1.82, 2.24) is 24.9 Å². The highest BCUT2D eigenvalue weighted by Crippen LogP contribution is 2.06. The SMILES string of the molecule is [I-].[NH3+]c1cc(=O)cc(Cc2ncc3nccnc3n2)[nH]1. The maximum Gasteiger partial charge on any atom is 0.204 e. The van der Waals surface area contributed by atoms with Gasteiger partial charge in [0.25, 0.3) is 0 Å². The molecule has 0 spiro atoms. The third kappa shape index (κ3) is 3.14. The first-order valence-electron chi connectivity index (χ1n) is 5.68. The Morgan fingerprint density at radius 2 is 1.95 bits per heavy atom. The molecule has 0 amide bonds. The molecule has 8 heteroatoms. The summed E-state index contributed by atoms with van der Waals surface area (Å²) in [5.41, 5.74) is 5.54. The van der Waals surface area contributed by atoms with E-state index in [0.717, 1.165) is 5.69 Å². The van der Waals surface area contributed by atoms with Crippen molar-refractivity contribution in [1.29, 1.82) is 0 Å². The number of quaternary nitrogens is 1. The third-order valence-electron chi connectivity index (χ3n) is 2.58. The van der Waals surface area contributed by atoms with Gasteiger partial charge in [-0.25, -0.2) is 19.9 Å². The second-order valence-electron chi connectivity index (χ2n) is 4.09. The number of fused-ring (bicyclic) bond motifs is 1. The van der Waals surface area contributed by atoms with Crippen LogP contribution in [0.15, 0.2) is 35.5 Å². The van der Waals surface area contributed by atoms with Gasteiger partial charge in [0.15, 0.2) is 11.1 Å². The molecule has 20 heavy (non-hydrogen) atoms. The molecule has 0 aliphatic rings. The lowest BCUT2D eigenvalue weighted by Crippen LogP contribution is -3.00. The van der Waals surface area contributed by atoms with Gasteiger partial charge in [0.1, 0.15) is 11.3 Å². The number of nitrogens with one attached hydrogen (secondary N) is 1. The minimum Gasteiger partial charge on any atom is -1.00 e. The summed E-state index contributed by atoms with van der Waals surface area (Å²) >= 11 is 0. The molecular weight excluding hydrogens is 371 g/mol. The Bertz CT molecular complexity index is 803. The lowest BCUT2D eigenvalue weighted by molar-refractivity contribution is -0.261. The molecule has 3 aromatic rings. The molecule has 3 heterocycles. The van der Waals surface area contributed by atoms with Gasteiger partial charge >= 0.3 is 0 Å². The Kier molecular flexibility index (Phi) is 4.35. The normalized spacial score (nSPS) is 10.2. The second kappa shape index (κ2) is 6.01. The molecule has 0 bridgehead atoms. The average molecular weight is 382 g/mol. The monoisotopic (exact) mass is 382 g/mol. The van der Waals surface area contributed by atoms with Gasteiger partial charge in [-0.2, -0.15) is 0 Å². The van der Waals surface area contributed by atoms with Crippen LogP contribution in [0.4, 0.5) is 5.82 Å². The van der Waals surface area contributed by atoms with Crippen LogP contribution in [-0.4, -0.2) is 24.9 Å². The predicted octanol–water partition coefficient (Wildman–Crippen LogP) is -3.42. The van der Waals surface area contributed by atoms with Crippen molar-refractivity contribution in [2.75, 3.05) is 0 Å². The van der Waals surface area contributed by atoms with Crippen LogP contribution in [0.5, 0.6) is 0 Å². The number of aromatic nitrogens is 5. The predicted molar refractivity (Wildman–Crippen MR) is 67.5 cm³/mol. The van der Waals surface area contributed by atoms with Crippen molar-refractivity contribution in [3.8, 4) is 0 Å². The van der Waals surface area contributed by atoms with Gasteiger partial charge in [-0.15, -0.1) is 0 Å². The summed E-state index contributed by atoms with van der Waals surface area (Å²) in [5, 5.41) is 0. The van der Waals surface area contributed by atoms with Crippen LogP contribution in [0.2, 0.25) is 0 Å². The maximum absolute atomic E-state index is 11.4. The molecule has 0 radical (unpaired) electrons. The van der Waals surface area contributed by atoms with E-state index in [9.17, 15) is 4.79 Å². The Morgan fingerprint density at radius 1 is 1.15 bits per heavy atom. The fraction of sp³-hybridized carbons (Fsp3) is 0.0833. The fourth-order valence-electron chi connectivity index (χ4n) is 1.82. The van der Waals surface area contributed by atoms with Gasteiger partial charge in [-0.1, -0.05) is 0 Å². The minimum absolute atomic E-state index is 0. The van der Waals surface area contributed by atoms with Crippen molar-refractivity contribution >= 4 is 17.0 Å². The molecule has 0 aliphatic heterocycles. The zero-order chi connectivity index (χ0) is 13.2. The molecule has 0 aliphatic carbocycles. The highest BCUT2D eigenvalue weighted by molar-refractivity contribution is 5.67. The molecule has 7 nitrogen and oxygen atoms in total. The van der Waals surface area contributed by atoms with E-state index in [2.05, 4.69) is 30.7 Å². The third-order valence-corrected chi connectivity index (χ3v) is 2.58. The molecule has 0 saturated heterocycles. The summed E-state index contributed by atoms with van der Waals surface area (Å²) in [6.07, 6.45) is 5.22. The minimum atomic E-state index is -0.0840. The summed E-state index contributed by atoms with van der Waals surface area (Å²) < 4.78 is 0. The van der Waals surface area contributed by atoms with Gasteiger partial charge in [-0.3, -0.25) is 4.79 Å². The van der Waals surface area contributed by atoms with Gasteiger partial charge in [0.05, 0.1) is 12.3 Å². The van der Waals surface area contributed by atoms with Crippen molar-refractivity contribution in [2.45, 2.75) is 6.42 Å². The Hall–Kier alpha value is -1.94. The van der Waals surface area contributed by atoms with Crippen LogP contribution in [0.3, 0.4) is 0 Å². The van der Waals surface area contributed by atoms with E-state index in [1.807, 2.05) is 0 Å². The van der Waals surface area contributed by atoms with Crippen LogP contribution in [-0.2, 0) is 6.42 Å². The first-order chi connectivity index (χ1) is 9.20. The van der Waals surface area contributed by atoms with Crippen LogP contribution >= 0.6 is 0 Å². The van der Waals surface area contributed by atoms with Gasteiger partial charge in [0, 0.05) is 30.6 Å². The Labute approximate surface area is 130 Å². The molecule has 0 fully saturated rings. The zero-order valence-corrected chi connectivity index (χ0v) is 12.5. The number of halogens is 1. The lowest BCUT2D eigenvalue weighted by Gasteiger charge is -2.01. The Balaban J connectivity index is 0.00000147. The van der Waals surface area contributed by atoms with Crippen molar-refractivity contribution in [2.24, 2.45) is 0 Å². The van der Waals surface area contributed by atoms with Gasteiger partial charge < -0.3 is 34.7 Å². The van der Waals surface area contributed by atoms with Crippen LogP contribution in [0.1, 0.15) is 11.5 Å². The van der Waals surface area contributed by atoms with E-state index >= 15 is 0 Å². The van der Waals surface area contributed by atoms with Crippen molar-refractivity contribution < 1.29 is 29.7 Å². The smallest absolute Gasteiger partial charge is 0.204 e.